The highest BCUT2D eigenvalue weighted by Crippen LogP contribution is 2.18. The molecule has 0 amide bonds. The highest BCUT2D eigenvalue weighted by Gasteiger charge is 2.13. The Morgan fingerprint density at radius 2 is 2.00 bits per heavy atom. The van der Waals surface area contributed by atoms with Crippen molar-refractivity contribution < 1.29 is 0 Å². The fourth-order valence-electron chi connectivity index (χ4n) is 1.80. The molecule has 0 aromatic carbocycles. The molecule has 2 rings (SSSR count). The average molecular weight is 273 g/mol. The lowest BCUT2D eigenvalue weighted by molar-refractivity contribution is 0.793. The van der Waals surface area contributed by atoms with Gasteiger partial charge in [-0.3, -0.25) is 4.98 Å². The molecule has 0 saturated carbocycles. The third kappa shape index (κ3) is 3.23. The van der Waals surface area contributed by atoms with Crippen molar-refractivity contribution in [2.75, 3.05) is 11.4 Å². The average Bonchev–Trinajstić information content (AvgIpc) is 2.46. The summed E-state index contributed by atoms with van der Waals surface area (Å²) in [5, 5.41) is 8.08. The van der Waals surface area contributed by atoms with Gasteiger partial charge in [0.15, 0.2) is 5.82 Å². The van der Waals surface area contributed by atoms with Gasteiger partial charge in [0.05, 0.1) is 11.8 Å². The van der Waals surface area contributed by atoms with E-state index in [1.165, 1.54) is 0 Å². The van der Waals surface area contributed by atoms with Gasteiger partial charge in [-0.15, -0.1) is 5.10 Å². The molecule has 0 aliphatic rings. The Bertz CT molecular complexity index is 558. The van der Waals surface area contributed by atoms with Gasteiger partial charge in [0, 0.05) is 25.5 Å². The van der Waals surface area contributed by atoms with Crippen molar-refractivity contribution in [3.05, 3.63) is 47.9 Å². The van der Waals surface area contributed by atoms with E-state index in [9.17, 15) is 0 Å². The van der Waals surface area contributed by atoms with Crippen molar-refractivity contribution in [1.82, 2.24) is 15.2 Å². The van der Waals surface area contributed by atoms with E-state index in [0.717, 1.165) is 17.7 Å². The number of hydrogen-bond donors (Lipinski definition) is 1. The van der Waals surface area contributed by atoms with Crippen LogP contribution in [0.5, 0.6) is 0 Å². The normalized spacial score (nSPS) is 10.2. The lowest BCUT2D eigenvalue weighted by Gasteiger charge is -2.23. The number of aromatic nitrogens is 3. The highest BCUT2D eigenvalue weighted by molar-refractivity contribution is 7.80. The van der Waals surface area contributed by atoms with Crippen molar-refractivity contribution >= 4 is 23.0 Å². The summed E-state index contributed by atoms with van der Waals surface area (Å²) in [5.74, 6) is 0.717. The van der Waals surface area contributed by atoms with Gasteiger partial charge in [-0.1, -0.05) is 12.2 Å². The largest absolute Gasteiger partial charge is 0.389 e. The molecule has 0 unspecified atom stereocenters. The summed E-state index contributed by atoms with van der Waals surface area (Å²) in [6.07, 6.45) is 5.14. The van der Waals surface area contributed by atoms with E-state index >= 15 is 0 Å². The SMILES string of the molecule is CCN(Cc1ccncc1)c1nnccc1C(N)=S. The Balaban J connectivity index is 2.30. The first-order chi connectivity index (χ1) is 9.22. The van der Waals surface area contributed by atoms with Crippen molar-refractivity contribution in [3.63, 3.8) is 0 Å². The van der Waals surface area contributed by atoms with Gasteiger partial charge >= 0.3 is 0 Å². The number of nitrogens with zero attached hydrogens (tertiary/aromatic N) is 4. The molecule has 19 heavy (non-hydrogen) atoms. The first-order valence-corrected chi connectivity index (χ1v) is 6.38. The van der Waals surface area contributed by atoms with E-state index in [-0.39, 0.29) is 0 Å². The molecule has 0 fully saturated rings. The molecule has 0 aliphatic carbocycles. The van der Waals surface area contributed by atoms with E-state index in [0.29, 0.717) is 17.4 Å². The molecule has 0 saturated heterocycles. The van der Waals surface area contributed by atoms with Crippen molar-refractivity contribution in [1.29, 1.82) is 0 Å². The van der Waals surface area contributed by atoms with Crippen LogP contribution in [0.2, 0.25) is 0 Å². The second-order valence-electron chi connectivity index (χ2n) is 4.00. The van der Waals surface area contributed by atoms with E-state index in [1.54, 1.807) is 24.7 Å². The summed E-state index contributed by atoms with van der Waals surface area (Å²) in [7, 11) is 0. The van der Waals surface area contributed by atoms with Crippen LogP contribution in [0.4, 0.5) is 5.82 Å². The zero-order chi connectivity index (χ0) is 13.7. The molecule has 0 aliphatic heterocycles. The summed E-state index contributed by atoms with van der Waals surface area (Å²) in [6.45, 7) is 3.56. The van der Waals surface area contributed by atoms with Crippen molar-refractivity contribution in [2.45, 2.75) is 13.5 Å². The minimum atomic E-state index is 0.332. The maximum absolute atomic E-state index is 5.73. The summed E-state index contributed by atoms with van der Waals surface area (Å²) in [4.78, 5) is 6.42. The molecule has 98 valence electrons. The predicted molar refractivity (Wildman–Crippen MR) is 78.9 cm³/mol. The van der Waals surface area contributed by atoms with E-state index in [4.69, 9.17) is 18.0 Å². The van der Waals surface area contributed by atoms with E-state index in [2.05, 4.69) is 27.0 Å². The van der Waals surface area contributed by atoms with Gasteiger partial charge in [-0.25, -0.2) is 0 Å². The maximum atomic E-state index is 5.73. The lowest BCUT2D eigenvalue weighted by Crippen LogP contribution is -2.27. The fraction of sp³-hybridized carbons (Fsp3) is 0.231. The monoisotopic (exact) mass is 273 g/mol. The number of anilines is 1. The smallest absolute Gasteiger partial charge is 0.161 e. The number of thiocarbonyl (C=S) groups is 1. The minimum Gasteiger partial charge on any atom is -0.389 e. The van der Waals surface area contributed by atoms with Gasteiger partial charge in [-0.05, 0) is 30.7 Å². The van der Waals surface area contributed by atoms with Crippen molar-refractivity contribution in [3.8, 4) is 0 Å². The summed E-state index contributed by atoms with van der Waals surface area (Å²) in [6, 6.07) is 5.73. The fourth-order valence-corrected chi connectivity index (χ4v) is 1.95. The lowest BCUT2D eigenvalue weighted by atomic mass is 10.2. The second kappa shape index (κ2) is 6.19. The Morgan fingerprint density at radius 1 is 1.26 bits per heavy atom. The molecule has 5 nitrogen and oxygen atoms in total. The highest BCUT2D eigenvalue weighted by atomic mass is 32.1. The Hall–Kier alpha value is -2.08. The molecule has 2 aromatic heterocycles. The molecule has 0 spiro atoms. The Morgan fingerprint density at radius 3 is 2.63 bits per heavy atom. The molecule has 0 bridgehead atoms. The molecule has 6 heteroatoms. The first kappa shape index (κ1) is 13.4. The molecular formula is C13H15N5S. The van der Waals surface area contributed by atoms with Gasteiger partial charge in [0.1, 0.15) is 4.99 Å². The second-order valence-corrected chi connectivity index (χ2v) is 4.44. The first-order valence-electron chi connectivity index (χ1n) is 5.97. The molecular weight excluding hydrogens is 258 g/mol. The number of hydrogen-bond acceptors (Lipinski definition) is 5. The summed E-state index contributed by atoms with van der Waals surface area (Å²) >= 11 is 5.05. The van der Waals surface area contributed by atoms with Crippen LogP contribution in [0, 0.1) is 0 Å². The van der Waals surface area contributed by atoms with Crippen LogP contribution in [0.3, 0.4) is 0 Å². The number of nitrogens with two attached hydrogens (primary N) is 1. The van der Waals surface area contributed by atoms with Crippen LogP contribution in [-0.4, -0.2) is 26.7 Å². The van der Waals surface area contributed by atoms with Crippen LogP contribution in [-0.2, 0) is 6.54 Å². The third-order valence-corrected chi connectivity index (χ3v) is 2.99. The topological polar surface area (TPSA) is 67.9 Å². The summed E-state index contributed by atoms with van der Waals surface area (Å²) in [5.41, 5.74) is 7.63. The van der Waals surface area contributed by atoms with Crippen LogP contribution in [0.1, 0.15) is 18.1 Å². The zero-order valence-corrected chi connectivity index (χ0v) is 11.5. The summed E-state index contributed by atoms with van der Waals surface area (Å²) < 4.78 is 0. The van der Waals surface area contributed by atoms with Crippen LogP contribution in [0.15, 0.2) is 36.8 Å². The third-order valence-electron chi connectivity index (χ3n) is 2.77. The number of pyridine rings is 1. The Labute approximate surface area is 117 Å². The van der Waals surface area contributed by atoms with E-state index in [1.807, 2.05) is 12.1 Å². The quantitative estimate of drug-likeness (QED) is 0.833. The minimum absolute atomic E-state index is 0.332. The number of rotatable bonds is 5. The molecule has 2 heterocycles. The molecule has 0 atom stereocenters. The van der Waals surface area contributed by atoms with Crippen LogP contribution >= 0.6 is 12.2 Å². The zero-order valence-electron chi connectivity index (χ0n) is 10.7. The van der Waals surface area contributed by atoms with Crippen LogP contribution < -0.4 is 10.6 Å². The molecule has 0 radical (unpaired) electrons. The van der Waals surface area contributed by atoms with Crippen molar-refractivity contribution in [2.24, 2.45) is 5.73 Å². The van der Waals surface area contributed by atoms with Gasteiger partial charge in [0.2, 0.25) is 0 Å². The standard InChI is InChI=1S/C13H15N5S/c1-2-18(9-10-3-6-15-7-4-10)13-11(12(14)19)5-8-16-17-13/h3-8H,2,9H2,1H3,(H2,14,19). The molecule has 2 N–H and O–H groups in total. The Kier molecular flexibility index (Phi) is 4.35. The van der Waals surface area contributed by atoms with Gasteiger partial charge < -0.3 is 10.6 Å². The molecule has 2 aromatic rings. The van der Waals surface area contributed by atoms with Gasteiger partial charge in [0.25, 0.3) is 0 Å². The van der Waals surface area contributed by atoms with Gasteiger partial charge in [-0.2, -0.15) is 5.10 Å². The predicted octanol–water partition coefficient (Wildman–Crippen LogP) is 1.53. The maximum Gasteiger partial charge on any atom is 0.161 e. The van der Waals surface area contributed by atoms with E-state index < -0.39 is 0 Å². The van der Waals surface area contributed by atoms with Crippen LogP contribution in [0.25, 0.3) is 0 Å².